The summed E-state index contributed by atoms with van der Waals surface area (Å²) in [4.78, 5) is 11.6. The zero-order chi connectivity index (χ0) is 11.1. The second kappa shape index (κ2) is 3.78. The smallest absolute Gasteiger partial charge is 0.306 e. The quantitative estimate of drug-likeness (QED) is 0.707. The lowest BCUT2D eigenvalue weighted by atomic mass is 9.92. The summed E-state index contributed by atoms with van der Waals surface area (Å²) in [6, 6.07) is 0.669. The van der Waals surface area contributed by atoms with Crippen LogP contribution in [0.15, 0.2) is 0 Å². The molecule has 3 atom stereocenters. The molecule has 0 amide bonds. The van der Waals surface area contributed by atoms with Crippen LogP contribution in [0.4, 0.5) is 0 Å². The van der Waals surface area contributed by atoms with Crippen molar-refractivity contribution in [3.8, 4) is 0 Å². The largest absolute Gasteiger partial charge is 0.460 e. The summed E-state index contributed by atoms with van der Waals surface area (Å²) in [5.74, 6) is 1.24. The number of esters is 1. The molecule has 2 aliphatic rings. The van der Waals surface area contributed by atoms with E-state index < -0.39 is 0 Å². The molecule has 1 saturated heterocycles. The van der Waals surface area contributed by atoms with Crippen LogP contribution in [0.5, 0.6) is 0 Å². The third kappa shape index (κ3) is 2.71. The molecule has 3 heteroatoms. The SMILES string of the molecule is CC(C)(C)OC(=O)CC1CC2CC1CN2. The van der Waals surface area contributed by atoms with E-state index in [4.69, 9.17) is 4.74 Å². The van der Waals surface area contributed by atoms with Crippen LogP contribution in [0.1, 0.15) is 40.0 Å². The number of carbonyl (C=O) groups excluding carboxylic acids is 1. The highest BCUT2D eigenvalue weighted by molar-refractivity contribution is 5.70. The lowest BCUT2D eigenvalue weighted by Gasteiger charge is -2.24. The molecule has 0 radical (unpaired) electrons. The van der Waals surface area contributed by atoms with Gasteiger partial charge in [0.1, 0.15) is 5.60 Å². The zero-order valence-electron chi connectivity index (χ0n) is 9.88. The third-order valence-electron chi connectivity index (χ3n) is 3.36. The maximum atomic E-state index is 11.6. The lowest BCUT2D eigenvalue weighted by Crippen LogP contribution is -2.32. The second-order valence-electron chi connectivity index (χ2n) is 5.89. The van der Waals surface area contributed by atoms with Crippen molar-refractivity contribution >= 4 is 5.97 Å². The summed E-state index contributed by atoms with van der Waals surface area (Å²) in [6.45, 7) is 6.87. The first-order chi connectivity index (χ1) is 6.94. The first-order valence-corrected chi connectivity index (χ1v) is 5.89. The van der Waals surface area contributed by atoms with E-state index in [9.17, 15) is 4.79 Å². The molecule has 2 rings (SSSR count). The van der Waals surface area contributed by atoms with E-state index in [2.05, 4.69) is 5.32 Å². The first-order valence-electron chi connectivity index (χ1n) is 5.89. The Morgan fingerprint density at radius 1 is 1.40 bits per heavy atom. The van der Waals surface area contributed by atoms with Crippen LogP contribution < -0.4 is 5.32 Å². The highest BCUT2D eigenvalue weighted by Gasteiger charge is 2.40. The van der Waals surface area contributed by atoms with Crippen LogP contribution in [-0.2, 0) is 9.53 Å². The molecule has 15 heavy (non-hydrogen) atoms. The normalized spacial score (nSPS) is 34.5. The van der Waals surface area contributed by atoms with E-state index in [1.807, 2.05) is 20.8 Å². The van der Waals surface area contributed by atoms with Gasteiger partial charge in [0.05, 0.1) is 0 Å². The molecular formula is C12H21NO2. The predicted octanol–water partition coefficient (Wildman–Crippen LogP) is 1.72. The Morgan fingerprint density at radius 3 is 2.60 bits per heavy atom. The molecule has 2 fully saturated rings. The molecule has 0 spiro atoms. The lowest BCUT2D eigenvalue weighted by molar-refractivity contribution is -0.156. The van der Waals surface area contributed by atoms with Gasteiger partial charge in [-0.3, -0.25) is 4.79 Å². The molecule has 1 heterocycles. The maximum absolute atomic E-state index is 11.6. The van der Waals surface area contributed by atoms with Gasteiger partial charge in [0, 0.05) is 12.5 Å². The van der Waals surface area contributed by atoms with Crippen LogP contribution in [0.3, 0.4) is 0 Å². The summed E-state index contributed by atoms with van der Waals surface area (Å²) in [5, 5.41) is 3.46. The van der Waals surface area contributed by atoms with Gasteiger partial charge in [0.2, 0.25) is 0 Å². The number of hydrogen-bond donors (Lipinski definition) is 1. The fraction of sp³-hybridized carbons (Fsp3) is 0.917. The van der Waals surface area contributed by atoms with Crippen molar-refractivity contribution in [1.29, 1.82) is 0 Å². The molecule has 0 aromatic carbocycles. The molecule has 86 valence electrons. The molecular weight excluding hydrogens is 190 g/mol. The van der Waals surface area contributed by atoms with Gasteiger partial charge >= 0.3 is 5.97 Å². The Morgan fingerprint density at radius 2 is 2.13 bits per heavy atom. The van der Waals surface area contributed by atoms with E-state index in [1.165, 1.54) is 6.42 Å². The van der Waals surface area contributed by atoms with Crippen molar-refractivity contribution in [1.82, 2.24) is 5.32 Å². The van der Waals surface area contributed by atoms with Gasteiger partial charge < -0.3 is 10.1 Å². The van der Waals surface area contributed by atoms with E-state index in [-0.39, 0.29) is 11.6 Å². The molecule has 3 nitrogen and oxygen atoms in total. The van der Waals surface area contributed by atoms with Gasteiger partial charge in [-0.1, -0.05) is 0 Å². The molecule has 0 aromatic heterocycles. The van der Waals surface area contributed by atoms with Crippen molar-refractivity contribution in [2.75, 3.05) is 6.54 Å². The van der Waals surface area contributed by atoms with Crippen LogP contribution in [0.2, 0.25) is 0 Å². The van der Waals surface area contributed by atoms with Gasteiger partial charge in [-0.2, -0.15) is 0 Å². The van der Waals surface area contributed by atoms with Crippen molar-refractivity contribution in [3.05, 3.63) is 0 Å². The number of piperidine rings is 1. The highest BCUT2D eigenvalue weighted by atomic mass is 16.6. The van der Waals surface area contributed by atoms with Crippen molar-refractivity contribution in [2.45, 2.75) is 51.7 Å². The zero-order valence-corrected chi connectivity index (χ0v) is 9.88. The minimum absolute atomic E-state index is 0.0277. The van der Waals surface area contributed by atoms with E-state index in [0.717, 1.165) is 13.0 Å². The van der Waals surface area contributed by atoms with Crippen LogP contribution in [0.25, 0.3) is 0 Å². The van der Waals surface area contributed by atoms with Crippen LogP contribution in [-0.4, -0.2) is 24.2 Å². The van der Waals surface area contributed by atoms with Crippen LogP contribution >= 0.6 is 0 Å². The number of nitrogens with one attached hydrogen (secondary N) is 1. The topological polar surface area (TPSA) is 38.3 Å². The van der Waals surface area contributed by atoms with Crippen molar-refractivity contribution < 1.29 is 9.53 Å². The number of fused-ring (bicyclic) bond motifs is 2. The average Bonchev–Trinajstić information content (AvgIpc) is 2.60. The number of carbonyl (C=O) groups is 1. The first kappa shape index (κ1) is 10.9. The Kier molecular flexibility index (Phi) is 2.75. The summed E-state index contributed by atoms with van der Waals surface area (Å²) >= 11 is 0. The summed E-state index contributed by atoms with van der Waals surface area (Å²) in [5.41, 5.74) is -0.340. The minimum Gasteiger partial charge on any atom is -0.460 e. The standard InChI is InChI=1S/C12H21NO2/c1-12(2,3)15-11(14)6-8-4-10-5-9(8)7-13-10/h8-10,13H,4-7H2,1-3H3. The fourth-order valence-corrected chi connectivity index (χ4v) is 2.79. The highest BCUT2D eigenvalue weighted by Crippen LogP contribution is 2.38. The van der Waals surface area contributed by atoms with Crippen LogP contribution in [0, 0.1) is 11.8 Å². The number of ether oxygens (including phenoxy) is 1. The summed E-state index contributed by atoms with van der Waals surface area (Å²) < 4.78 is 5.35. The Hall–Kier alpha value is -0.570. The maximum Gasteiger partial charge on any atom is 0.306 e. The molecule has 1 N–H and O–H groups in total. The van der Waals surface area contributed by atoms with Crippen molar-refractivity contribution in [2.24, 2.45) is 11.8 Å². The van der Waals surface area contributed by atoms with E-state index in [1.54, 1.807) is 0 Å². The second-order valence-corrected chi connectivity index (χ2v) is 5.89. The predicted molar refractivity (Wildman–Crippen MR) is 58.5 cm³/mol. The van der Waals surface area contributed by atoms with Gasteiger partial charge in [0.25, 0.3) is 0 Å². The average molecular weight is 211 g/mol. The Bertz CT molecular complexity index is 257. The Labute approximate surface area is 91.6 Å². The molecule has 1 saturated carbocycles. The van der Waals surface area contributed by atoms with E-state index in [0.29, 0.717) is 24.3 Å². The fourth-order valence-electron chi connectivity index (χ4n) is 2.79. The summed E-state index contributed by atoms with van der Waals surface area (Å²) in [7, 11) is 0. The van der Waals surface area contributed by atoms with Gasteiger partial charge in [0.15, 0.2) is 0 Å². The van der Waals surface area contributed by atoms with E-state index >= 15 is 0 Å². The van der Waals surface area contributed by atoms with Crippen molar-refractivity contribution in [3.63, 3.8) is 0 Å². The number of rotatable bonds is 2. The third-order valence-corrected chi connectivity index (χ3v) is 3.36. The monoisotopic (exact) mass is 211 g/mol. The summed E-state index contributed by atoms with van der Waals surface area (Å²) in [6.07, 6.45) is 3.03. The molecule has 3 unspecified atom stereocenters. The molecule has 0 aromatic rings. The molecule has 1 aliphatic carbocycles. The minimum atomic E-state index is -0.340. The Balaban J connectivity index is 1.80. The molecule has 2 bridgehead atoms. The van der Waals surface area contributed by atoms with Gasteiger partial charge in [-0.25, -0.2) is 0 Å². The van der Waals surface area contributed by atoms with Gasteiger partial charge in [-0.15, -0.1) is 0 Å². The van der Waals surface area contributed by atoms with Gasteiger partial charge in [-0.05, 0) is 52.0 Å². The number of hydrogen-bond acceptors (Lipinski definition) is 3. The molecule has 1 aliphatic heterocycles.